The van der Waals surface area contributed by atoms with E-state index in [9.17, 15) is 0 Å². The van der Waals surface area contributed by atoms with Gasteiger partial charge in [-0.3, -0.25) is 10.4 Å². The summed E-state index contributed by atoms with van der Waals surface area (Å²) in [6.07, 6.45) is 3.56. The summed E-state index contributed by atoms with van der Waals surface area (Å²) in [5.74, 6) is 0.681. The zero-order valence-corrected chi connectivity index (χ0v) is 14.3. The fourth-order valence-corrected chi connectivity index (χ4v) is 2.84. The monoisotopic (exact) mass is 346 g/mol. The Kier molecular flexibility index (Phi) is 4.04. The largest absolute Gasteiger partial charge is 0.264 e. The third kappa shape index (κ3) is 3.16. The van der Waals surface area contributed by atoms with E-state index in [-0.39, 0.29) is 0 Å². The fraction of sp³-hybridized carbons (Fsp3) is 0.0500. The van der Waals surface area contributed by atoms with Gasteiger partial charge in [0.25, 0.3) is 0 Å². The Balaban J connectivity index is 1.87. The van der Waals surface area contributed by atoms with Crippen molar-refractivity contribution >= 4 is 28.8 Å². The summed E-state index contributed by atoms with van der Waals surface area (Å²) in [6, 6.07) is 17.6. The van der Waals surface area contributed by atoms with E-state index in [4.69, 9.17) is 16.6 Å². The number of amidine groups is 1. The molecule has 122 valence electrons. The molecule has 2 aromatic carbocycles. The van der Waals surface area contributed by atoms with Crippen LogP contribution in [0.3, 0.4) is 0 Å². The lowest BCUT2D eigenvalue weighted by Crippen LogP contribution is -2.19. The van der Waals surface area contributed by atoms with Crippen LogP contribution in [0.2, 0.25) is 5.02 Å². The average molecular weight is 347 g/mol. The summed E-state index contributed by atoms with van der Waals surface area (Å²) in [7, 11) is 0. The molecule has 1 aromatic heterocycles. The molecule has 0 radical (unpaired) electrons. The molecule has 1 N–H and O–H groups in total. The fourth-order valence-electron chi connectivity index (χ4n) is 2.71. The summed E-state index contributed by atoms with van der Waals surface area (Å²) in [5, 5.41) is 5.31. The number of benzene rings is 2. The second-order valence-electron chi connectivity index (χ2n) is 5.80. The molecule has 0 fully saturated rings. The number of fused-ring (bicyclic) bond motifs is 1. The van der Waals surface area contributed by atoms with Crippen molar-refractivity contribution in [3.63, 3.8) is 0 Å². The van der Waals surface area contributed by atoms with E-state index in [0.717, 1.165) is 33.7 Å². The van der Waals surface area contributed by atoms with Crippen LogP contribution in [-0.2, 0) is 0 Å². The van der Waals surface area contributed by atoms with Crippen molar-refractivity contribution in [3.05, 3.63) is 94.3 Å². The number of nitrogens with one attached hydrogen (secondary N) is 1. The first-order valence-corrected chi connectivity index (χ1v) is 8.28. The Bertz CT molecular complexity index is 976. The van der Waals surface area contributed by atoms with E-state index >= 15 is 0 Å². The Hall–Kier alpha value is -2.98. The molecule has 25 heavy (non-hydrogen) atoms. The first-order valence-electron chi connectivity index (χ1n) is 7.90. The van der Waals surface area contributed by atoms with Crippen molar-refractivity contribution in [3.8, 4) is 0 Å². The van der Waals surface area contributed by atoms with Gasteiger partial charge in [0.05, 0.1) is 5.69 Å². The normalized spacial score (nSPS) is 13.2. The Morgan fingerprint density at radius 3 is 2.56 bits per heavy atom. The molecule has 4 nitrogen and oxygen atoms in total. The summed E-state index contributed by atoms with van der Waals surface area (Å²) in [5.41, 5.74) is 8.77. The van der Waals surface area contributed by atoms with Gasteiger partial charge in [-0.1, -0.05) is 23.2 Å². The Morgan fingerprint density at radius 2 is 1.80 bits per heavy atom. The second-order valence-corrected chi connectivity index (χ2v) is 6.24. The van der Waals surface area contributed by atoms with Gasteiger partial charge in [0.2, 0.25) is 0 Å². The first-order chi connectivity index (χ1) is 12.2. The molecule has 3 aromatic rings. The molecular weight excluding hydrogens is 332 g/mol. The lowest BCUT2D eigenvalue weighted by Gasteiger charge is -2.08. The van der Waals surface area contributed by atoms with Crippen LogP contribution < -0.4 is 5.43 Å². The highest BCUT2D eigenvalue weighted by molar-refractivity contribution is 6.30. The van der Waals surface area contributed by atoms with Crippen molar-refractivity contribution < 1.29 is 0 Å². The zero-order valence-electron chi connectivity index (χ0n) is 13.6. The quantitative estimate of drug-likeness (QED) is 0.743. The number of aliphatic imine (C=N–C) groups is 1. The van der Waals surface area contributed by atoms with Gasteiger partial charge in [0.1, 0.15) is 5.71 Å². The van der Waals surface area contributed by atoms with E-state index in [2.05, 4.69) is 28.5 Å². The van der Waals surface area contributed by atoms with Crippen molar-refractivity contribution in [1.29, 1.82) is 0 Å². The van der Waals surface area contributed by atoms with Crippen LogP contribution in [0.25, 0.3) is 0 Å². The molecule has 0 saturated heterocycles. The maximum absolute atomic E-state index is 5.99. The topological polar surface area (TPSA) is 49.6 Å². The van der Waals surface area contributed by atoms with Crippen LogP contribution >= 0.6 is 11.6 Å². The van der Waals surface area contributed by atoms with Crippen LogP contribution in [-0.4, -0.2) is 16.5 Å². The van der Waals surface area contributed by atoms with Crippen molar-refractivity contribution in [2.75, 3.05) is 0 Å². The molecule has 1 aliphatic rings. The number of aryl methyl sites for hydroxylation is 1. The standard InChI is InChI=1S/C20H15ClN4/c1-13-4-9-18-17(11-13)19(15-3-2-10-22-12-15)24-25-20(23-18)14-5-7-16(21)8-6-14/h2-12H,1H3,(H,23,25). The molecule has 0 amide bonds. The van der Waals surface area contributed by atoms with Crippen LogP contribution in [0.1, 0.15) is 22.3 Å². The van der Waals surface area contributed by atoms with Gasteiger partial charge in [-0.2, -0.15) is 5.10 Å². The number of halogens is 1. The second kappa shape index (κ2) is 6.49. The van der Waals surface area contributed by atoms with Gasteiger partial charge in [-0.05, 0) is 55.5 Å². The van der Waals surface area contributed by atoms with E-state index in [1.807, 2.05) is 48.5 Å². The molecule has 0 saturated carbocycles. The number of nitrogens with zero attached hydrogens (tertiary/aromatic N) is 3. The predicted octanol–water partition coefficient (Wildman–Crippen LogP) is 4.48. The van der Waals surface area contributed by atoms with Crippen LogP contribution in [0.4, 0.5) is 5.69 Å². The third-order valence-corrected chi connectivity index (χ3v) is 4.22. The average Bonchev–Trinajstić information content (AvgIpc) is 2.82. The minimum Gasteiger partial charge on any atom is -0.264 e. The van der Waals surface area contributed by atoms with Crippen molar-refractivity contribution in [2.24, 2.45) is 10.1 Å². The highest BCUT2D eigenvalue weighted by Gasteiger charge is 2.17. The minimum absolute atomic E-state index is 0.681. The molecule has 4 rings (SSSR count). The molecule has 0 bridgehead atoms. The molecular formula is C20H15ClN4. The van der Waals surface area contributed by atoms with Crippen molar-refractivity contribution in [1.82, 2.24) is 10.4 Å². The smallest absolute Gasteiger partial charge is 0.154 e. The number of hydrogen-bond donors (Lipinski definition) is 1. The minimum atomic E-state index is 0.681. The Morgan fingerprint density at radius 1 is 0.960 bits per heavy atom. The summed E-state index contributed by atoms with van der Waals surface area (Å²) >= 11 is 5.99. The van der Waals surface area contributed by atoms with Crippen LogP contribution in [0.15, 0.2) is 77.1 Å². The molecule has 0 spiro atoms. The van der Waals surface area contributed by atoms with Gasteiger partial charge in [-0.25, -0.2) is 4.99 Å². The highest BCUT2D eigenvalue weighted by Crippen LogP contribution is 2.26. The van der Waals surface area contributed by atoms with Gasteiger partial charge < -0.3 is 0 Å². The number of pyridine rings is 1. The van der Waals surface area contributed by atoms with E-state index in [1.165, 1.54) is 0 Å². The molecule has 1 aliphatic heterocycles. The van der Waals surface area contributed by atoms with Gasteiger partial charge in [0.15, 0.2) is 5.84 Å². The van der Waals surface area contributed by atoms with Crippen LogP contribution in [0, 0.1) is 6.92 Å². The lowest BCUT2D eigenvalue weighted by atomic mass is 10.0. The van der Waals surface area contributed by atoms with E-state index < -0.39 is 0 Å². The zero-order chi connectivity index (χ0) is 17.2. The van der Waals surface area contributed by atoms with E-state index in [1.54, 1.807) is 12.4 Å². The molecule has 0 unspecified atom stereocenters. The number of aromatic nitrogens is 1. The molecule has 0 aliphatic carbocycles. The molecule has 0 atom stereocenters. The molecule has 2 heterocycles. The third-order valence-electron chi connectivity index (χ3n) is 3.97. The number of rotatable bonds is 2. The summed E-state index contributed by atoms with van der Waals surface area (Å²) in [6.45, 7) is 2.06. The summed E-state index contributed by atoms with van der Waals surface area (Å²) in [4.78, 5) is 9.00. The predicted molar refractivity (Wildman–Crippen MR) is 102 cm³/mol. The van der Waals surface area contributed by atoms with Crippen LogP contribution in [0.5, 0.6) is 0 Å². The number of hydrazone groups is 1. The van der Waals surface area contributed by atoms with Gasteiger partial charge in [-0.15, -0.1) is 0 Å². The maximum atomic E-state index is 5.99. The summed E-state index contributed by atoms with van der Waals surface area (Å²) < 4.78 is 0. The first kappa shape index (κ1) is 15.5. The van der Waals surface area contributed by atoms with Gasteiger partial charge >= 0.3 is 0 Å². The van der Waals surface area contributed by atoms with E-state index in [0.29, 0.717) is 10.9 Å². The Labute approximate surface area is 150 Å². The van der Waals surface area contributed by atoms with Crippen molar-refractivity contribution in [2.45, 2.75) is 6.92 Å². The molecule has 5 heteroatoms. The number of hydrogen-bond acceptors (Lipinski definition) is 4. The maximum Gasteiger partial charge on any atom is 0.154 e. The van der Waals surface area contributed by atoms with Gasteiger partial charge in [0, 0.05) is 34.1 Å². The highest BCUT2D eigenvalue weighted by atomic mass is 35.5. The lowest BCUT2D eigenvalue weighted by molar-refractivity contribution is 1.03. The SMILES string of the molecule is Cc1ccc2c(c1)C(c1cccnc1)=NNC(c1ccc(Cl)cc1)=N2.